The van der Waals surface area contributed by atoms with Crippen LogP contribution in [0, 0.1) is 0 Å². The number of thioether (sulfide) groups is 1. The molecule has 2 aliphatic heterocycles. The van der Waals surface area contributed by atoms with E-state index in [0.717, 1.165) is 16.7 Å². The van der Waals surface area contributed by atoms with Crippen LogP contribution in [0.4, 0.5) is 0 Å². The molecule has 0 saturated carbocycles. The van der Waals surface area contributed by atoms with Crippen molar-refractivity contribution in [3.05, 3.63) is 63.7 Å². The molecule has 5 atom stereocenters. The summed E-state index contributed by atoms with van der Waals surface area (Å²) >= 11 is 8.16. The zero-order valence-corrected chi connectivity index (χ0v) is 17.4. The van der Waals surface area contributed by atoms with Gasteiger partial charge in [0, 0.05) is 15.5 Å². The molecule has 156 valence electrons. The van der Waals surface area contributed by atoms with Crippen LogP contribution < -0.4 is 0 Å². The van der Waals surface area contributed by atoms with Crippen molar-refractivity contribution in [1.29, 1.82) is 0 Å². The highest BCUT2D eigenvalue weighted by molar-refractivity contribution is 7.98. The third kappa shape index (κ3) is 3.60. The topological polar surface area (TPSA) is 99.4 Å². The van der Waals surface area contributed by atoms with Gasteiger partial charge in [0.25, 0.3) is 0 Å². The molecule has 1 spiro atoms. The third-order valence-corrected chi connectivity index (χ3v) is 6.69. The number of ether oxygens (including phenoxy) is 2. The van der Waals surface area contributed by atoms with Crippen molar-refractivity contribution in [2.45, 2.75) is 48.1 Å². The zero-order chi connectivity index (χ0) is 20.8. The van der Waals surface area contributed by atoms with Crippen LogP contribution in [0.25, 0.3) is 0 Å². The number of hydrogen-bond donors (Lipinski definition) is 4. The Morgan fingerprint density at radius 1 is 1.14 bits per heavy atom. The molecule has 1 saturated heterocycles. The molecule has 4 N–H and O–H groups in total. The summed E-state index contributed by atoms with van der Waals surface area (Å²) in [6.45, 7) is -0.386. The minimum Gasteiger partial charge on any atom is -0.394 e. The van der Waals surface area contributed by atoms with Crippen molar-refractivity contribution in [2.75, 3.05) is 12.9 Å². The van der Waals surface area contributed by atoms with E-state index in [0.29, 0.717) is 17.0 Å². The summed E-state index contributed by atoms with van der Waals surface area (Å²) in [5.74, 6) is -1.66. The van der Waals surface area contributed by atoms with Crippen molar-refractivity contribution in [3.63, 3.8) is 0 Å². The first-order chi connectivity index (χ1) is 13.9. The van der Waals surface area contributed by atoms with E-state index in [1.165, 1.54) is 4.90 Å². The van der Waals surface area contributed by atoms with Crippen LogP contribution in [0.5, 0.6) is 0 Å². The number of hydrogen-bond acceptors (Lipinski definition) is 7. The first-order valence-corrected chi connectivity index (χ1v) is 10.9. The SMILES string of the molecule is CSc1ccc(Cc2cc3c(cc2Cl)CO[C@]32O[C@H](CO)[C@@H](O)[C@H](O)[C@H]2O)cc1. The van der Waals surface area contributed by atoms with Crippen molar-refractivity contribution in [3.8, 4) is 0 Å². The number of benzene rings is 2. The van der Waals surface area contributed by atoms with E-state index in [1.54, 1.807) is 17.8 Å². The Morgan fingerprint density at radius 3 is 2.52 bits per heavy atom. The molecule has 8 heteroatoms. The van der Waals surface area contributed by atoms with Crippen LogP contribution in [-0.2, 0) is 28.3 Å². The van der Waals surface area contributed by atoms with Crippen LogP contribution in [0.2, 0.25) is 5.02 Å². The minimum absolute atomic E-state index is 0.135. The molecule has 0 radical (unpaired) electrons. The van der Waals surface area contributed by atoms with Gasteiger partial charge in [-0.1, -0.05) is 23.7 Å². The Bertz CT molecular complexity index is 889. The molecule has 2 aromatic carbocycles. The Labute approximate surface area is 178 Å². The van der Waals surface area contributed by atoms with Crippen molar-refractivity contribution in [2.24, 2.45) is 0 Å². The lowest BCUT2D eigenvalue weighted by Gasteiger charge is -2.46. The number of rotatable bonds is 4. The fourth-order valence-corrected chi connectivity index (χ4v) is 4.61. The maximum atomic E-state index is 10.7. The van der Waals surface area contributed by atoms with Gasteiger partial charge in [-0.05, 0) is 53.6 Å². The summed E-state index contributed by atoms with van der Waals surface area (Å²) in [5.41, 5.74) is 3.18. The van der Waals surface area contributed by atoms with Gasteiger partial charge in [-0.2, -0.15) is 0 Å². The Kier molecular flexibility index (Phi) is 5.94. The Hall–Kier alpha value is -1.16. The summed E-state index contributed by atoms with van der Waals surface area (Å²) in [5, 5.41) is 41.2. The Balaban J connectivity index is 1.71. The highest BCUT2D eigenvalue weighted by Crippen LogP contribution is 2.47. The molecule has 0 aromatic heterocycles. The van der Waals surface area contributed by atoms with Gasteiger partial charge in [0.2, 0.25) is 5.79 Å². The fourth-order valence-electron chi connectivity index (χ4n) is 3.95. The quantitative estimate of drug-likeness (QED) is 0.540. The molecule has 2 aliphatic rings. The maximum Gasteiger partial charge on any atom is 0.225 e. The van der Waals surface area contributed by atoms with Gasteiger partial charge in [0.1, 0.15) is 24.4 Å². The summed E-state index contributed by atoms with van der Waals surface area (Å²) in [6.07, 6.45) is -2.96. The second-order valence-corrected chi connectivity index (χ2v) is 8.63. The van der Waals surface area contributed by atoms with E-state index >= 15 is 0 Å². The number of aliphatic hydroxyl groups excluding tert-OH is 4. The molecule has 29 heavy (non-hydrogen) atoms. The van der Waals surface area contributed by atoms with E-state index in [9.17, 15) is 20.4 Å². The molecule has 6 nitrogen and oxygen atoms in total. The molecule has 0 amide bonds. The monoisotopic (exact) mass is 438 g/mol. The average molecular weight is 439 g/mol. The zero-order valence-electron chi connectivity index (χ0n) is 15.8. The molecule has 2 aromatic rings. The highest BCUT2D eigenvalue weighted by Gasteiger charge is 2.58. The van der Waals surface area contributed by atoms with Crippen molar-refractivity contribution < 1.29 is 29.9 Å². The van der Waals surface area contributed by atoms with Gasteiger partial charge in [0.15, 0.2) is 0 Å². The molecular weight excluding hydrogens is 416 g/mol. The van der Waals surface area contributed by atoms with Crippen molar-refractivity contribution in [1.82, 2.24) is 0 Å². The third-order valence-electron chi connectivity index (χ3n) is 5.59. The Morgan fingerprint density at radius 2 is 1.86 bits per heavy atom. The van der Waals surface area contributed by atoms with Crippen LogP contribution in [-0.4, -0.2) is 57.7 Å². The van der Waals surface area contributed by atoms with E-state index in [-0.39, 0.29) is 6.61 Å². The maximum absolute atomic E-state index is 10.7. The number of fused-ring (bicyclic) bond motifs is 2. The normalized spacial score (nSPS) is 31.2. The van der Waals surface area contributed by atoms with Crippen LogP contribution in [0.3, 0.4) is 0 Å². The smallest absolute Gasteiger partial charge is 0.225 e. The lowest BCUT2D eigenvalue weighted by Crippen LogP contribution is -2.63. The first-order valence-electron chi connectivity index (χ1n) is 9.31. The van der Waals surface area contributed by atoms with Gasteiger partial charge in [0.05, 0.1) is 13.2 Å². The van der Waals surface area contributed by atoms with E-state index in [1.807, 2.05) is 36.6 Å². The predicted molar refractivity (Wildman–Crippen MR) is 109 cm³/mol. The molecule has 0 bridgehead atoms. The van der Waals surface area contributed by atoms with Crippen LogP contribution in [0.15, 0.2) is 41.3 Å². The lowest BCUT2D eigenvalue weighted by molar-refractivity contribution is -0.368. The van der Waals surface area contributed by atoms with Gasteiger partial charge >= 0.3 is 0 Å². The molecule has 0 unspecified atom stereocenters. The lowest BCUT2D eigenvalue weighted by atomic mass is 9.86. The summed E-state index contributed by atoms with van der Waals surface area (Å²) in [6, 6.07) is 11.8. The predicted octanol–water partition coefficient (Wildman–Crippen LogP) is 1.81. The molecule has 0 aliphatic carbocycles. The molecule has 4 rings (SSSR count). The van der Waals surface area contributed by atoms with Crippen molar-refractivity contribution >= 4 is 23.4 Å². The second kappa shape index (κ2) is 8.17. The molecular formula is C21H23ClO6S. The van der Waals surface area contributed by atoms with Crippen LogP contribution in [0.1, 0.15) is 22.3 Å². The minimum atomic E-state index is -1.66. The van der Waals surface area contributed by atoms with E-state index in [4.69, 9.17) is 21.1 Å². The standard InChI is InChI=1S/C21H23ClO6S/c1-29-14-4-2-11(3-5-14)6-12-7-15-13(8-16(12)22)10-27-21(15)20(26)19(25)18(24)17(9-23)28-21/h2-5,7-8,17-20,23-26H,6,9-10H2,1H3/t17-,18-,19+,20-,21+/m1/s1. The van der Waals surface area contributed by atoms with Gasteiger partial charge in [-0.3, -0.25) is 0 Å². The van der Waals surface area contributed by atoms with Crippen LogP contribution >= 0.6 is 23.4 Å². The summed E-state index contributed by atoms with van der Waals surface area (Å²) < 4.78 is 11.6. The summed E-state index contributed by atoms with van der Waals surface area (Å²) in [7, 11) is 0. The first kappa shape index (κ1) is 21.1. The van der Waals surface area contributed by atoms with Gasteiger partial charge in [-0.25, -0.2) is 0 Å². The highest BCUT2D eigenvalue weighted by atomic mass is 35.5. The number of halogens is 1. The molecule has 2 heterocycles. The number of aliphatic hydroxyl groups is 4. The second-order valence-electron chi connectivity index (χ2n) is 7.35. The van der Waals surface area contributed by atoms with Gasteiger partial charge in [-0.15, -0.1) is 11.8 Å². The van der Waals surface area contributed by atoms with E-state index < -0.39 is 36.8 Å². The summed E-state index contributed by atoms with van der Waals surface area (Å²) in [4.78, 5) is 1.17. The fraction of sp³-hybridized carbons (Fsp3) is 0.429. The largest absolute Gasteiger partial charge is 0.394 e. The molecule has 1 fully saturated rings. The average Bonchev–Trinajstić information content (AvgIpc) is 3.08. The van der Waals surface area contributed by atoms with E-state index in [2.05, 4.69) is 0 Å². The van der Waals surface area contributed by atoms with Gasteiger partial charge < -0.3 is 29.9 Å².